The van der Waals surface area contributed by atoms with Crippen molar-refractivity contribution in [3.8, 4) is 5.69 Å². The lowest BCUT2D eigenvalue weighted by atomic mass is 9.87. The van der Waals surface area contributed by atoms with Crippen LogP contribution in [0.3, 0.4) is 0 Å². The molecule has 0 unspecified atom stereocenters. The molecule has 1 aromatic carbocycles. The molecule has 0 bridgehead atoms. The summed E-state index contributed by atoms with van der Waals surface area (Å²) in [6.07, 6.45) is 5.29. The van der Waals surface area contributed by atoms with Crippen LogP contribution in [0.5, 0.6) is 0 Å². The maximum atomic E-state index is 12.7. The topological polar surface area (TPSA) is 81.5 Å². The molecule has 1 aliphatic carbocycles. The number of halogens is 2. The number of benzene rings is 1. The minimum atomic E-state index is -0.732. The lowest BCUT2D eigenvalue weighted by Crippen LogP contribution is -2.41. The molecule has 1 fully saturated rings. The molecule has 0 radical (unpaired) electrons. The van der Waals surface area contributed by atoms with Gasteiger partial charge >= 0.3 is 5.97 Å². The summed E-state index contributed by atoms with van der Waals surface area (Å²) in [5.41, 5.74) is -0.382. The van der Waals surface area contributed by atoms with Gasteiger partial charge in [0.25, 0.3) is 11.5 Å². The summed E-state index contributed by atoms with van der Waals surface area (Å²) in [6, 6.07) is 6.46. The van der Waals surface area contributed by atoms with E-state index in [1.807, 2.05) is 0 Å². The molecule has 1 aromatic heterocycles. The van der Waals surface area contributed by atoms with Crippen molar-refractivity contribution in [1.29, 1.82) is 0 Å². The molecule has 9 heteroatoms. The number of esters is 1. The van der Waals surface area contributed by atoms with E-state index in [-0.39, 0.29) is 39.9 Å². The van der Waals surface area contributed by atoms with E-state index in [2.05, 4.69) is 12.0 Å². The monoisotopic (exact) mass is 451 g/mol. The van der Waals surface area contributed by atoms with Gasteiger partial charge < -0.3 is 9.64 Å². The molecule has 0 atom stereocenters. The molecular formula is C21H23Cl2N3O4. The third-order valence-electron chi connectivity index (χ3n) is 5.48. The van der Waals surface area contributed by atoms with E-state index in [0.717, 1.165) is 30.4 Å². The van der Waals surface area contributed by atoms with Gasteiger partial charge in [-0.2, -0.15) is 9.78 Å². The maximum Gasteiger partial charge on any atom is 0.340 e. The summed E-state index contributed by atoms with van der Waals surface area (Å²) in [7, 11) is 1.74. The first-order valence-electron chi connectivity index (χ1n) is 9.75. The van der Waals surface area contributed by atoms with Crippen molar-refractivity contribution >= 4 is 35.1 Å². The van der Waals surface area contributed by atoms with Crippen LogP contribution in [0, 0.1) is 5.92 Å². The Morgan fingerprint density at radius 2 is 1.87 bits per heavy atom. The van der Waals surface area contributed by atoms with Crippen LogP contribution in [0.4, 0.5) is 0 Å². The highest BCUT2D eigenvalue weighted by Gasteiger charge is 2.26. The first-order chi connectivity index (χ1) is 14.3. The number of likely N-dealkylation sites (N-methyl/N-ethyl adjacent to an activating group) is 1. The molecule has 160 valence electrons. The van der Waals surface area contributed by atoms with Gasteiger partial charge in [-0.05, 0) is 43.7 Å². The second-order valence-corrected chi connectivity index (χ2v) is 8.32. The summed E-state index contributed by atoms with van der Waals surface area (Å²) >= 11 is 11.7. The Morgan fingerprint density at radius 3 is 2.57 bits per heavy atom. The highest BCUT2D eigenvalue weighted by atomic mass is 35.5. The van der Waals surface area contributed by atoms with Gasteiger partial charge in [0.1, 0.15) is 5.02 Å². The number of rotatable bonds is 5. The number of nitrogens with zero attached hydrogens (tertiary/aromatic N) is 3. The van der Waals surface area contributed by atoms with Crippen molar-refractivity contribution in [1.82, 2.24) is 14.7 Å². The van der Waals surface area contributed by atoms with Crippen molar-refractivity contribution in [2.24, 2.45) is 5.92 Å². The fourth-order valence-corrected chi connectivity index (χ4v) is 3.81. The van der Waals surface area contributed by atoms with Gasteiger partial charge in [-0.3, -0.25) is 9.59 Å². The molecule has 1 amide bonds. The van der Waals surface area contributed by atoms with Crippen molar-refractivity contribution in [3.63, 3.8) is 0 Å². The van der Waals surface area contributed by atoms with E-state index in [4.69, 9.17) is 27.9 Å². The Kier molecular flexibility index (Phi) is 7.15. The van der Waals surface area contributed by atoms with Crippen LogP contribution < -0.4 is 5.56 Å². The van der Waals surface area contributed by atoms with E-state index in [0.29, 0.717) is 5.92 Å². The molecule has 0 saturated heterocycles. The molecule has 0 N–H and O–H groups in total. The molecule has 0 spiro atoms. The van der Waals surface area contributed by atoms with E-state index < -0.39 is 11.5 Å². The second kappa shape index (κ2) is 9.62. The van der Waals surface area contributed by atoms with Crippen LogP contribution in [0.25, 0.3) is 5.69 Å². The highest BCUT2D eigenvalue weighted by Crippen LogP contribution is 2.26. The van der Waals surface area contributed by atoms with E-state index in [9.17, 15) is 14.4 Å². The minimum Gasteiger partial charge on any atom is -0.452 e. The van der Waals surface area contributed by atoms with Gasteiger partial charge in [-0.1, -0.05) is 42.3 Å². The van der Waals surface area contributed by atoms with Gasteiger partial charge in [-0.25, -0.2) is 4.79 Å². The maximum absolute atomic E-state index is 12.7. The zero-order chi connectivity index (χ0) is 21.8. The third-order valence-corrected chi connectivity index (χ3v) is 6.23. The van der Waals surface area contributed by atoms with Gasteiger partial charge in [0.2, 0.25) is 0 Å². The number of amides is 1. The number of para-hydroxylation sites is 1. The summed E-state index contributed by atoms with van der Waals surface area (Å²) < 4.78 is 6.22. The van der Waals surface area contributed by atoms with E-state index in [1.165, 1.54) is 18.3 Å². The van der Waals surface area contributed by atoms with Gasteiger partial charge in [-0.15, -0.1) is 0 Å². The molecule has 1 aliphatic rings. The van der Waals surface area contributed by atoms with E-state index in [1.54, 1.807) is 24.1 Å². The van der Waals surface area contributed by atoms with Gasteiger partial charge in [0.05, 0.1) is 22.5 Å². The molecule has 7 nitrogen and oxygen atoms in total. The second-order valence-electron chi connectivity index (χ2n) is 7.54. The van der Waals surface area contributed by atoms with Crippen LogP contribution in [0.2, 0.25) is 10.0 Å². The number of hydrogen-bond donors (Lipinski definition) is 0. The minimum absolute atomic E-state index is 0.0173. The smallest absolute Gasteiger partial charge is 0.340 e. The van der Waals surface area contributed by atoms with E-state index >= 15 is 0 Å². The predicted octanol–water partition coefficient (Wildman–Crippen LogP) is 3.73. The number of ether oxygens (including phenoxy) is 1. The quantitative estimate of drug-likeness (QED) is 0.646. The highest BCUT2D eigenvalue weighted by molar-refractivity contribution is 6.41. The standard InChI is InChI=1S/C21H23Cl2N3O4/c1-13-7-9-14(10-8-13)25(2)18(27)12-30-21(29)15-5-3-4-6-17(15)26-20(28)19(23)16(22)11-24-26/h3-6,11,13-14H,7-10,12H2,1-2H3. The molecule has 3 rings (SSSR count). The number of carbonyl (C=O) groups is 2. The van der Waals surface area contributed by atoms with Crippen LogP contribution >= 0.6 is 23.2 Å². The number of aromatic nitrogens is 2. The molecule has 1 saturated carbocycles. The van der Waals surface area contributed by atoms with Crippen LogP contribution in [0.1, 0.15) is 43.0 Å². The average molecular weight is 452 g/mol. The Morgan fingerprint density at radius 1 is 1.20 bits per heavy atom. The normalized spacial score (nSPS) is 18.7. The number of hydrogen-bond acceptors (Lipinski definition) is 5. The summed E-state index contributed by atoms with van der Waals surface area (Å²) in [5.74, 6) is -0.313. The fourth-order valence-electron chi connectivity index (χ4n) is 3.56. The first-order valence-corrected chi connectivity index (χ1v) is 10.5. The molecular weight excluding hydrogens is 429 g/mol. The Hall–Kier alpha value is -2.38. The summed E-state index contributed by atoms with van der Waals surface area (Å²) in [5, 5.41) is 3.76. The molecule has 30 heavy (non-hydrogen) atoms. The summed E-state index contributed by atoms with van der Waals surface area (Å²) in [4.78, 5) is 39.2. The van der Waals surface area contributed by atoms with Crippen molar-refractivity contribution in [2.45, 2.75) is 38.6 Å². The zero-order valence-corrected chi connectivity index (χ0v) is 18.3. The molecule has 0 aliphatic heterocycles. The van der Waals surface area contributed by atoms with Gasteiger partial charge in [0, 0.05) is 13.1 Å². The molecule has 1 heterocycles. The van der Waals surface area contributed by atoms with Crippen LogP contribution in [-0.4, -0.2) is 46.3 Å². The molecule has 2 aromatic rings. The SMILES string of the molecule is CC1CCC(N(C)C(=O)COC(=O)c2ccccc2-n2ncc(Cl)c(Cl)c2=O)CC1. The fraction of sp³-hybridized carbons (Fsp3) is 0.429. The third kappa shape index (κ3) is 4.84. The van der Waals surface area contributed by atoms with Crippen molar-refractivity contribution < 1.29 is 14.3 Å². The Balaban J connectivity index is 1.72. The Bertz CT molecular complexity index is 1000. The lowest BCUT2D eigenvalue weighted by molar-refractivity contribution is -0.136. The van der Waals surface area contributed by atoms with Crippen LogP contribution in [0.15, 0.2) is 35.3 Å². The van der Waals surface area contributed by atoms with Gasteiger partial charge in [0.15, 0.2) is 6.61 Å². The largest absolute Gasteiger partial charge is 0.452 e. The van der Waals surface area contributed by atoms with Crippen LogP contribution in [-0.2, 0) is 9.53 Å². The van der Waals surface area contributed by atoms with Crippen molar-refractivity contribution in [2.75, 3.05) is 13.7 Å². The first kappa shape index (κ1) is 22.3. The predicted molar refractivity (Wildman–Crippen MR) is 114 cm³/mol. The average Bonchev–Trinajstić information content (AvgIpc) is 2.76. The van der Waals surface area contributed by atoms with Crippen molar-refractivity contribution in [3.05, 3.63) is 56.4 Å². The lowest BCUT2D eigenvalue weighted by Gasteiger charge is -2.33. The summed E-state index contributed by atoms with van der Waals surface area (Å²) in [6.45, 7) is 1.84. The number of carbonyl (C=O) groups excluding carboxylic acids is 2. The zero-order valence-electron chi connectivity index (χ0n) is 16.8. The Labute approximate surface area is 184 Å².